The second kappa shape index (κ2) is 2.71. The summed E-state index contributed by atoms with van der Waals surface area (Å²) >= 11 is 0. The van der Waals surface area contributed by atoms with Gasteiger partial charge in [-0.1, -0.05) is 0 Å². The summed E-state index contributed by atoms with van der Waals surface area (Å²) in [6, 6.07) is 0. The molecule has 0 bridgehead atoms. The average molecular weight is 182 g/mol. The van der Waals surface area contributed by atoms with Gasteiger partial charge in [-0.25, -0.2) is 0 Å². The zero-order valence-corrected chi connectivity index (χ0v) is 8.67. The summed E-state index contributed by atoms with van der Waals surface area (Å²) in [6.07, 6.45) is 6.00. The summed E-state index contributed by atoms with van der Waals surface area (Å²) in [7, 11) is 0. The molecule has 74 valence electrons. The number of nitrogens with zero attached hydrogens (tertiary/aromatic N) is 2. The molecular formula is C11H22N2+2. The molecule has 0 radical (unpaired) electrons. The van der Waals surface area contributed by atoms with Crippen molar-refractivity contribution < 1.29 is 8.97 Å². The molecule has 0 aromatic heterocycles. The van der Waals surface area contributed by atoms with E-state index in [2.05, 4.69) is 0 Å². The molecule has 0 atom stereocenters. The van der Waals surface area contributed by atoms with Gasteiger partial charge in [-0.3, -0.25) is 8.97 Å². The van der Waals surface area contributed by atoms with Gasteiger partial charge >= 0.3 is 0 Å². The molecule has 3 heterocycles. The summed E-state index contributed by atoms with van der Waals surface area (Å²) in [4.78, 5) is 0. The highest BCUT2D eigenvalue weighted by molar-refractivity contribution is 4.62. The monoisotopic (exact) mass is 182 g/mol. The van der Waals surface area contributed by atoms with Gasteiger partial charge in [0.1, 0.15) is 13.1 Å². The van der Waals surface area contributed by atoms with Gasteiger partial charge in [0.05, 0.1) is 26.2 Å². The Balaban J connectivity index is 1.76. The molecular weight excluding hydrogens is 160 g/mol. The van der Waals surface area contributed by atoms with Crippen LogP contribution in [0.25, 0.3) is 0 Å². The smallest absolute Gasteiger partial charge is 0.207 e. The summed E-state index contributed by atoms with van der Waals surface area (Å²) in [5.74, 6) is 0. The first-order chi connectivity index (χ1) is 6.33. The minimum absolute atomic E-state index is 1.50. The molecule has 0 saturated carbocycles. The van der Waals surface area contributed by atoms with Crippen molar-refractivity contribution in [3.05, 3.63) is 0 Å². The lowest BCUT2D eigenvalue weighted by atomic mass is 10.4. The number of rotatable bonds is 0. The molecule has 0 aromatic carbocycles. The highest BCUT2D eigenvalue weighted by atomic mass is 15.6. The number of quaternary nitrogens is 2. The molecule has 3 fully saturated rings. The molecule has 3 aliphatic rings. The van der Waals surface area contributed by atoms with E-state index in [9.17, 15) is 0 Å². The molecule has 3 saturated heterocycles. The van der Waals surface area contributed by atoms with Crippen LogP contribution in [-0.2, 0) is 0 Å². The van der Waals surface area contributed by atoms with E-state index < -0.39 is 0 Å². The second-order valence-corrected chi connectivity index (χ2v) is 5.58. The normalized spacial score (nSPS) is 35.1. The Morgan fingerprint density at radius 3 is 1.23 bits per heavy atom. The summed E-state index contributed by atoms with van der Waals surface area (Å²) in [5.41, 5.74) is 0. The average Bonchev–Trinajstić information content (AvgIpc) is 2.81. The Bertz CT molecular complexity index is 178. The van der Waals surface area contributed by atoms with E-state index in [-0.39, 0.29) is 0 Å². The van der Waals surface area contributed by atoms with Crippen molar-refractivity contribution in [2.24, 2.45) is 0 Å². The largest absolute Gasteiger partial charge is 0.272 e. The molecule has 3 rings (SSSR count). The Kier molecular flexibility index (Phi) is 1.72. The molecule has 2 spiro atoms. The van der Waals surface area contributed by atoms with Gasteiger partial charge in [0, 0.05) is 25.7 Å². The van der Waals surface area contributed by atoms with E-state index in [0.717, 1.165) is 0 Å². The van der Waals surface area contributed by atoms with Crippen molar-refractivity contribution in [1.82, 2.24) is 0 Å². The van der Waals surface area contributed by atoms with E-state index in [1.54, 1.807) is 0 Å². The second-order valence-electron chi connectivity index (χ2n) is 5.58. The maximum atomic E-state index is 1.50. The van der Waals surface area contributed by atoms with Gasteiger partial charge in [-0.05, 0) is 0 Å². The van der Waals surface area contributed by atoms with E-state index in [4.69, 9.17) is 0 Å². The van der Waals surface area contributed by atoms with Crippen molar-refractivity contribution in [2.75, 3.05) is 45.9 Å². The highest BCUT2D eigenvalue weighted by Crippen LogP contribution is 2.32. The Labute approximate surface area is 81.3 Å². The fourth-order valence-corrected chi connectivity index (χ4v) is 3.94. The van der Waals surface area contributed by atoms with E-state index in [1.165, 1.54) is 80.6 Å². The SMILES string of the molecule is C1CC[N+]2(C1)CC[N+]1(CCCC1)C2. The van der Waals surface area contributed by atoms with Crippen molar-refractivity contribution >= 4 is 0 Å². The van der Waals surface area contributed by atoms with Gasteiger partial charge in [-0.2, -0.15) is 0 Å². The third-order valence-electron chi connectivity index (χ3n) is 4.68. The zero-order chi connectivity index (χ0) is 8.78. The summed E-state index contributed by atoms with van der Waals surface area (Å²) < 4.78 is 3.00. The minimum atomic E-state index is 1.50. The molecule has 13 heavy (non-hydrogen) atoms. The minimum Gasteiger partial charge on any atom is -0.272 e. The predicted molar refractivity (Wildman–Crippen MR) is 53.1 cm³/mol. The van der Waals surface area contributed by atoms with Crippen LogP contribution in [0.1, 0.15) is 25.7 Å². The fraction of sp³-hybridized carbons (Fsp3) is 1.00. The Morgan fingerprint density at radius 2 is 0.846 bits per heavy atom. The first kappa shape index (κ1) is 8.25. The molecule has 2 nitrogen and oxygen atoms in total. The molecule has 0 aliphatic carbocycles. The molecule has 0 unspecified atom stereocenters. The van der Waals surface area contributed by atoms with Gasteiger partial charge in [0.2, 0.25) is 6.67 Å². The topological polar surface area (TPSA) is 0 Å². The predicted octanol–water partition coefficient (Wildman–Crippen LogP) is 1.18. The maximum absolute atomic E-state index is 1.50. The van der Waals surface area contributed by atoms with Gasteiger partial charge in [-0.15, -0.1) is 0 Å². The molecule has 0 aromatic rings. The fourth-order valence-electron chi connectivity index (χ4n) is 3.94. The lowest BCUT2D eigenvalue weighted by Gasteiger charge is -2.31. The van der Waals surface area contributed by atoms with Crippen LogP contribution >= 0.6 is 0 Å². The highest BCUT2D eigenvalue weighted by Gasteiger charge is 2.50. The van der Waals surface area contributed by atoms with Crippen LogP contribution in [0.5, 0.6) is 0 Å². The van der Waals surface area contributed by atoms with Gasteiger partial charge < -0.3 is 0 Å². The van der Waals surface area contributed by atoms with Crippen LogP contribution in [0.15, 0.2) is 0 Å². The molecule has 2 heteroatoms. The van der Waals surface area contributed by atoms with Crippen LogP contribution in [-0.4, -0.2) is 54.9 Å². The van der Waals surface area contributed by atoms with Crippen molar-refractivity contribution in [3.8, 4) is 0 Å². The lowest BCUT2D eigenvalue weighted by molar-refractivity contribution is -1.04. The zero-order valence-electron chi connectivity index (χ0n) is 8.67. The first-order valence-corrected chi connectivity index (χ1v) is 6.03. The molecule has 0 N–H and O–H groups in total. The van der Waals surface area contributed by atoms with E-state index in [0.29, 0.717) is 0 Å². The third-order valence-corrected chi connectivity index (χ3v) is 4.68. The van der Waals surface area contributed by atoms with Crippen molar-refractivity contribution in [3.63, 3.8) is 0 Å². The van der Waals surface area contributed by atoms with Gasteiger partial charge in [0.25, 0.3) is 0 Å². The van der Waals surface area contributed by atoms with Crippen LogP contribution in [0.2, 0.25) is 0 Å². The van der Waals surface area contributed by atoms with Crippen LogP contribution in [0.3, 0.4) is 0 Å². The number of hydrogen-bond acceptors (Lipinski definition) is 0. The Hall–Kier alpha value is -0.0800. The van der Waals surface area contributed by atoms with Gasteiger partial charge in [0.15, 0.2) is 0 Å². The molecule has 0 amide bonds. The lowest BCUT2D eigenvalue weighted by Crippen LogP contribution is -2.50. The standard InChI is InChI=1S/C11H22N2/c1-2-6-12(5-1)9-10-13(11-12)7-3-4-8-13/h1-11H2/q+2. The van der Waals surface area contributed by atoms with Crippen LogP contribution < -0.4 is 0 Å². The quantitative estimate of drug-likeness (QED) is 0.494. The summed E-state index contributed by atoms with van der Waals surface area (Å²) in [6.45, 7) is 10.5. The molecule has 3 aliphatic heterocycles. The van der Waals surface area contributed by atoms with Crippen molar-refractivity contribution in [2.45, 2.75) is 25.7 Å². The maximum Gasteiger partial charge on any atom is 0.207 e. The van der Waals surface area contributed by atoms with E-state index in [1.807, 2.05) is 0 Å². The van der Waals surface area contributed by atoms with Crippen LogP contribution in [0.4, 0.5) is 0 Å². The third kappa shape index (κ3) is 1.23. The summed E-state index contributed by atoms with van der Waals surface area (Å²) in [5, 5.41) is 0. The van der Waals surface area contributed by atoms with Crippen molar-refractivity contribution in [1.29, 1.82) is 0 Å². The first-order valence-electron chi connectivity index (χ1n) is 6.03. The number of hydrogen-bond donors (Lipinski definition) is 0. The Morgan fingerprint density at radius 1 is 0.462 bits per heavy atom. The van der Waals surface area contributed by atoms with Crippen LogP contribution in [0, 0.1) is 0 Å². The van der Waals surface area contributed by atoms with E-state index >= 15 is 0 Å².